The van der Waals surface area contributed by atoms with Gasteiger partial charge >= 0.3 is 0 Å². The predicted molar refractivity (Wildman–Crippen MR) is 93.9 cm³/mol. The first-order chi connectivity index (χ1) is 11.8. The third-order valence-electron chi connectivity index (χ3n) is 6.74. The second kappa shape index (κ2) is 5.58. The van der Waals surface area contributed by atoms with Crippen molar-refractivity contribution in [1.29, 1.82) is 0 Å². The third-order valence-corrected chi connectivity index (χ3v) is 6.74. The molecule has 4 rings (SSSR count). The Morgan fingerprint density at radius 1 is 1.28 bits per heavy atom. The molecule has 6 nitrogen and oxygen atoms in total. The number of nitrogens with zero attached hydrogens (tertiary/aromatic N) is 4. The van der Waals surface area contributed by atoms with E-state index in [1.807, 2.05) is 19.9 Å². The minimum absolute atomic E-state index is 0.0393. The minimum Gasteiger partial charge on any atom is -0.335 e. The number of aryl methyl sites for hydroxylation is 2. The van der Waals surface area contributed by atoms with Gasteiger partial charge in [-0.1, -0.05) is 6.92 Å². The molecular weight excluding hydrogens is 316 g/mol. The summed E-state index contributed by atoms with van der Waals surface area (Å²) < 4.78 is 1.81. The maximum atomic E-state index is 13.1. The second-order valence-electron chi connectivity index (χ2n) is 8.38. The topological polar surface area (TPSA) is 58.4 Å². The van der Waals surface area contributed by atoms with Gasteiger partial charge in [0.25, 0.3) is 0 Å². The lowest BCUT2D eigenvalue weighted by Gasteiger charge is -2.49. The first-order valence-corrected chi connectivity index (χ1v) is 9.40. The van der Waals surface area contributed by atoms with Gasteiger partial charge in [-0.05, 0) is 45.6 Å². The number of piperidine rings is 1. The van der Waals surface area contributed by atoms with Crippen molar-refractivity contribution in [3.05, 3.63) is 17.5 Å². The summed E-state index contributed by atoms with van der Waals surface area (Å²) in [6, 6.07) is 2.71. The molecule has 3 heterocycles. The van der Waals surface area contributed by atoms with Crippen molar-refractivity contribution in [1.82, 2.24) is 19.6 Å². The van der Waals surface area contributed by atoms with Crippen molar-refractivity contribution < 1.29 is 9.59 Å². The molecule has 1 aromatic heterocycles. The highest BCUT2D eigenvalue weighted by atomic mass is 16.2. The van der Waals surface area contributed by atoms with E-state index >= 15 is 0 Å². The summed E-state index contributed by atoms with van der Waals surface area (Å²) in [5.41, 5.74) is 2.00. The van der Waals surface area contributed by atoms with Gasteiger partial charge in [-0.2, -0.15) is 5.10 Å². The van der Waals surface area contributed by atoms with E-state index in [1.54, 1.807) is 11.6 Å². The van der Waals surface area contributed by atoms with Gasteiger partial charge in [0.2, 0.25) is 11.8 Å². The Morgan fingerprint density at radius 2 is 2.00 bits per heavy atom. The zero-order chi connectivity index (χ0) is 17.9. The molecule has 1 aliphatic carbocycles. The van der Waals surface area contributed by atoms with Gasteiger partial charge in [-0.3, -0.25) is 14.3 Å². The average Bonchev–Trinajstić information content (AvgIpc) is 3.00. The smallest absolute Gasteiger partial charge is 0.244 e. The number of amides is 2. The van der Waals surface area contributed by atoms with Crippen LogP contribution in [0.5, 0.6) is 0 Å². The Labute approximate surface area is 149 Å². The van der Waals surface area contributed by atoms with Gasteiger partial charge in [-0.25, -0.2) is 0 Å². The Bertz CT molecular complexity index is 727. The normalized spacial score (nSPS) is 33.7. The fraction of sp³-hybridized carbons (Fsp3) is 0.737. The van der Waals surface area contributed by atoms with Crippen LogP contribution >= 0.6 is 0 Å². The summed E-state index contributed by atoms with van der Waals surface area (Å²) in [7, 11) is 0. The number of carbonyl (C=O) groups is 2. The van der Waals surface area contributed by atoms with Crippen molar-refractivity contribution >= 4 is 11.8 Å². The van der Waals surface area contributed by atoms with Crippen LogP contribution in [0.4, 0.5) is 0 Å². The number of aromatic nitrogens is 2. The summed E-state index contributed by atoms with van der Waals surface area (Å²) in [5.74, 6) is 0.297. The van der Waals surface area contributed by atoms with Crippen LogP contribution in [0.25, 0.3) is 0 Å². The molecule has 25 heavy (non-hydrogen) atoms. The lowest BCUT2D eigenvalue weighted by molar-refractivity contribution is -0.140. The van der Waals surface area contributed by atoms with E-state index in [9.17, 15) is 9.59 Å². The quantitative estimate of drug-likeness (QED) is 0.823. The van der Waals surface area contributed by atoms with Crippen LogP contribution in [0, 0.1) is 19.3 Å². The number of rotatable bonds is 2. The van der Waals surface area contributed by atoms with Crippen LogP contribution in [-0.2, 0) is 16.1 Å². The van der Waals surface area contributed by atoms with E-state index in [4.69, 9.17) is 0 Å². The zero-order valence-electron chi connectivity index (χ0n) is 15.7. The summed E-state index contributed by atoms with van der Waals surface area (Å²) in [4.78, 5) is 29.5. The van der Waals surface area contributed by atoms with Gasteiger partial charge < -0.3 is 9.80 Å². The molecule has 2 bridgehead atoms. The number of hydrogen-bond donors (Lipinski definition) is 0. The van der Waals surface area contributed by atoms with Crippen molar-refractivity contribution in [2.75, 3.05) is 6.54 Å². The molecule has 1 saturated carbocycles. The summed E-state index contributed by atoms with van der Waals surface area (Å²) in [6.07, 6.45) is 4.24. The zero-order valence-corrected chi connectivity index (χ0v) is 15.7. The van der Waals surface area contributed by atoms with Crippen molar-refractivity contribution in [3.63, 3.8) is 0 Å². The second-order valence-corrected chi connectivity index (χ2v) is 8.38. The van der Waals surface area contributed by atoms with Crippen LogP contribution in [-0.4, -0.2) is 56.1 Å². The highest BCUT2D eigenvalue weighted by Crippen LogP contribution is 2.54. The minimum atomic E-state index is 0.0393. The Kier molecular flexibility index (Phi) is 3.71. The van der Waals surface area contributed by atoms with E-state index in [-0.39, 0.29) is 29.3 Å². The van der Waals surface area contributed by atoms with Crippen LogP contribution in [0.1, 0.15) is 50.9 Å². The maximum absolute atomic E-state index is 13.1. The largest absolute Gasteiger partial charge is 0.335 e. The van der Waals surface area contributed by atoms with Gasteiger partial charge in [0.15, 0.2) is 0 Å². The van der Waals surface area contributed by atoms with Gasteiger partial charge in [0.1, 0.15) is 6.54 Å². The molecule has 2 amide bonds. The van der Waals surface area contributed by atoms with E-state index in [0.717, 1.165) is 37.1 Å². The molecular formula is C19H28N4O2. The molecule has 0 aromatic carbocycles. The molecule has 0 radical (unpaired) electrons. The highest BCUT2D eigenvalue weighted by Gasteiger charge is 2.61. The fourth-order valence-electron chi connectivity index (χ4n) is 5.80. The van der Waals surface area contributed by atoms with Crippen LogP contribution in [0.3, 0.4) is 0 Å². The summed E-state index contributed by atoms with van der Waals surface area (Å²) in [5, 5.41) is 4.44. The molecule has 6 heteroatoms. The van der Waals surface area contributed by atoms with Crippen molar-refractivity contribution in [2.45, 2.75) is 78.0 Å². The molecule has 3 aliphatic rings. The molecule has 3 fully saturated rings. The monoisotopic (exact) mass is 344 g/mol. The lowest BCUT2D eigenvalue weighted by Crippen LogP contribution is -2.58. The number of carbonyl (C=O) groups excluding carboxylic acids is 2. The van der Waals surface area contributed by atoms with E-state index in [2.05, 4.69) is 21.8 Å². The third kappa shape index (κ3) is 2.41. The summed E-state index contributed by atoms with van der Waals surface area (Å²) >= 11 is 0. The summed E-state index contributed by atoms with van der Waals surface area (Å²) in [6.45, 7) is 8.88. The molecule has 4 atom stereocenters. The van der Waals surface area contributed by atoms with Gasteiger partial charge in [0, 0.05) is 36.7 Å². The molecule has 0 N–H and O–H groups in total. The average molecular weight is 344 g/mol. The van der Waals surface area contributed by atoms with Gasteiger partial charge in [-0.15, -0.1) is 0 Å². The molecule has 1 aromatic rings. The molecule has 0 unspecified atom stereocenters. The fourth-order valence-corrected chi connectivity index (χ4v) is 5.80. The SMILES string of the molecule is CC(=O)N1[C@@H]2CN(C(=O)Cn3nc(C)cc3C)[C@@H]3CCC[C@H]1[C@]3(C)C2. The Hall–Kier alpha value is -1.85. The van der Waals surface area contributed by atoms with E-state index in [0.29, 0.717) is 19.1 Å². The molecule has 2 aliphatic heterocycles. The van der Waals surface area contributed by atoms with Crippen LogP contribution < -0.4 is 0 Å². The number of hydrogen-bond acceptors (Lipinski definition) is 3. The van der Waals surface area contributed by atoms with E-state index in [1.165, 1.54) is 0 Å². The Morgan fingerprint density at radius 3 is 2.64 bits per heavy atom. The van der Waals surface area contributed by atoms with Crippen LogP contribution in [0.2, 0.25) is 0 Å². The molecule has 136 valence electrons. The highest BCUT2D eigenvalue weighted by molar-refractivity contribution is 5.78. The number of fused-ring (bicyclic) bond motifs is 1. The van der Waals surface area contributed by atoms with E-state index < -0.39 is 0 Å². The first kappa shape index (κ1) is 16.6. The number of likely N-dealkylation sites (tertiary alicyclic amines) is 2. The molecule has 0 spiro atoms. The maximum Gasteiger partial charge on any atom is 0.244 e. The van der Waals surface area contributed by atoms with Crippen molar-refractivity contribution in [2.24, 2.45) is 5.41 Å². The first-order valence-electron chi connectivity index (χ1n) is 9.40. The standard InChI is InChI=1S/C19H28N4O2/c1-12-8-13(2)22(20-12)11-18(25)21-10-15-9-19(4)16(21)6-5-7-17(19)23(15)14(3)24/h8,15-17H,5-7,9-11H2,1-4H3/t15-,16+,17-,19+/m0/s1. The van der Waals surface area contributed by atoms with Crippen molar-refractivity contribution in [3.8, 4) is 0 Å². The molecule has 2 saturated heterocycles. The van der Waals surface area contributed by atoms with Crippen LogP contribution in [0.15, 0.2) is 6.07 Å². The Balaban J connectivity index is 1.62. The van der Waals surface area contributed by atoms with Gasteiger partial charge in [0.05, 0.1) is 11.7 Å². The lowest BCUT2D eigenvalue weighted by atomic mass is 9.66. The predicted octanol–water partition coefficient (Wildman–Crippen LogP) is 1.89.